The lowest BCUT2D eigenvalue weighted by atomic mass is 9.94. The molecule has 0 bridgehead atoms. The standard InChI is InChI=1S/C16H19F3N2O/c17-16(18,19)12-6-5-11-7-13(20)15(22)21(14(11)8-12)9-10-3-1-2-4-10/h5-6,8,10,13H,1-4,7,9,20H2/t13-/m1/s1. The normalized spacial score (nSPS) is 23.0. The molecule has 1 heterocycles. The smallest absolute Gasteiger partial charge is 0.320 e. The van der Waals surface area contributed by atoms with Crippen LogP contribution in [0.3, 0.4) is 0 Å². The van der Waals surface area contributed by atoms with Crippen LogP contribution in [0.1, 0.15) is 36.8 Å². The van der Waals surface area contributed by atoms with Crippen molar-refractivity contribution in [2.75, 3.05) is 11.4 Å². The van der Waals surface area contributed by atoms with Crippen LogP contribution in [0.4, 0.5) is 18.9 Å². The number of alkyl halides is 3. The average Bonchev–Trinajstić information content (AvgIpc) is 2.95. The van der Waals surface area contributed by atoms with Crippen molar-refractivity contribution in [3.8, 4) is 0 Å². The van der Waals surface area contributed by atoms with E-state index in [0.29, 0.717) is 24.6 Å². The van der Waals surface area contributed by atoms with Gasteiger partial charge in [-0.1, -0.05) is 18.9 Å². The summed E-state index contributed by atoms with van der Waals surface area (Å²) < 4.78 is 38.8. The summed E-state index contributed by atoms with van der Waals surface area (Å²) in [5.41, 5.74) is 6.25. The van der Waals surface area contributed by atoms with Crippen LogP contribution in [-0.2, 0) is 17.4 Å². The molecule has 2 N–H and O–H groups in total. The number of anilines is 1. The Morgan fingerprint density at radius 3 is 2.55 bits per heavy atom. The molecule has 1 amide bonds. The van der Waals surface area contributed by atoms with Crippen LogP contribution >= 0.6 is 0 Å². The zero-order valence-corrected chi connectivity index (χ0v) is 12.2. The van der Waals surface area contributed by atoms with Gasteiger partial charge < -0.3 is 10.6 Å². The van der Waals surface area contributed by atoms with Crippen LogP contribution in [0.25, 0.3) is 0 Å². The van der Waals surface area contributed by atoms with Crippen molar-refractivity contribution < 1.29 is 18.0 Å². The molecule has 3 rings (SSSR count). The highest BCUT2D eigenvalue weighted by atomic mass is 19.4. The Morgan fingerprint density at radius 1 is 1.23 bits per heavy atom. The van der Waals surface area contributed by atoms with Gasteiger partial charge in [0.25, 0.3) is 0 Å². The predicted molar refractivity (Wildman–Crippen MR) is 77.4 cm³/mol. The van der Waals surface area contributed by atoms with Gasteiger partial charge in [-0.05, 0) is 42.9 Å². The van der Waals surface area contributed by atoms with Crippen molar-refractivity contribution >= 4 is 11.6 Å². The number of hydrogen-bond donors (Lipinski definition) is 1. The monoisotopic (exact) mass is 312 g/mol. The molecule has 1 fully saturated rings. The molecule has 0 saturated heterocycles. The molecule has 0 aromatic heterocycles. The van der Waals surface area contributed by atoms with Gasteiger partial charge in [-0.2, -0.15) is 13.2 Å². The SMILES string of the molecule is N[C@@H]1Cc2ccc(C(F)(F)F)cc2N(CC2CCCC2)C1=O. The Morgan fingerprint density at radius 2 is 1.91 bits per heavy atom. The molecule has 0 spiro atoms. The first-order valence-electron chi connectivity index (χ1n) is 7.63. The minimum Gasteiger partial charge on any atom is -0.320 e. The van der Waals surface area contributed by atoms with Gasteiger partial charge >= 0.3 is 6.18 Å². The van der Waals surface area contributed by atoms with Crippen molar-refractivity contribution in [2.45, 2.75) is 44.3 Å². The molecule has 22 heavy (non-hydrogen) atoms. The lowest BCUT2D eigenvalue weighted by Crippen LogP contribution is -2.50. The summed E-state index contributed by atoms with van der Waals surface area (Å²) in [5.74, 6) is 0.0929. The molecule has 1 aliphatic heterocycles. The first-order valence-corrected chi connectivity index (χ1v) is 7.63. The van der Waals surface area contributed by atoms with Gasteiger partial charge in [-0.25, -0.2) is 0 Å². The summed E-state index contributed by atoms with van der Waals surface area (Å²) in [6.45, 7) is 0.473. The molecular weight excluding hydrogens is 293 g/mol. The lowest BCUT2D eigenvalue weighted by Gasteiger charge is -2.34. The summed E-state index contributed by atoms with van der Waals surface area (Å²) in [6.07, 6.45) is 0.174. The Hall–Kier alpha value is -1.56. The third kappa shape index (κ3) is 2.84. The number of benzene rings is 1. The maximum absolute atomic E-state index is 12.9. The fourth-order valence-electron chi connectivity index (χ4n) is 3.45. The van der Waals surface area contributed by atoms with Crippen molar-refractivity contribution in [3.63, 3.8) is 0 Å². The molecule has 1 aliphatic carbocycles. The Bertz CT molecular complexity index is 579. The van der Waals surface area contributed by atoms with Crippen LogP contribution < -0.4 is 10.6 Å². The second-order valence-electron chi connectivity index (χ2n) is 6.25. The van der Waals surface area contributed by atoms with Crippen molar-refractivity contribution in [1.29, 1.82) is 0 Å². The molecule has 1 aromatic carbocycles. The fraction of sp³-hybridized carbons (Fsp3) is 0.562. The first kappa shape index (κ1) is 15.3. The maximum atomic E-state index is 12.9. The Kier molecular flexibility index (Phi) is 3.89. The van der Waals surface area contributed by atoms with Gasteiger partial charge in [0.05, 0.1) is 11.6 Å². The molecule has 2 aliphatic rings. The fourth-order valence-corrected chi connectivity index (χ4v) is 3.45. The van der Waals surface area contributed by atoms with E-state index in [4.69, 9.17) is 5.73 Å². The summed E-state index contributed by atoms with van der Waals surface area (Å²) in [6, 6.07) is 2.94. The number of fused-ring (bicyclic) bond motifs is 1. The summed E-state index contributed by atoms with van der Waals surface area (Å²) in [5, 5.41) is 0. The summed E-state index contributed by atoms with van der Waals surface area (Å²) >= 11 is 0. The quantitative estimate of drug-likeness (QED) is 0.912. The van der Waals surface area contributed by atoms with Crippen LogP contribution in [0.15, 0.2) is 18.2 Å². The number of carbonyl (C=O) groups excluding carboxylic acids is 1. The molecule has 0 unspecified atom stereocenters. The van der Waals surface area contributed by atoms with Crippen LogP contribution in [0.2, 0.25) is 0 Å². The van der Waals surface area contributed by atoms with Crippen LogP contribution in [0, 0.1) is 5.92 Å². The van der Waals surface area contributed by atoms with E-state index in [1.807, 2.05) is 0 Å². The highest BCUT2D eigenvalue weighted by molar-refractivity contribution is 6.00. The van der Waals surface area contributed by atoms with Gasteiger partial charge in [0, 0.05) is 12.2 Å². The highest BCUT2D eigenvalue weighted by Gasteiger charge is 2.36. The summed E-state index contributed by atoms with van der Waals surface area (Å²) in [4.78, 5) is 13.8. The Labute approximate surface area is 127 Å². The van der Waals surface area contributed by atoms with Crippen LogP contribution in [-0.4, -0.2) is 18.5 Å². The van der Waals surface area contributed by atoms with E-state index in [1.54, 1.807) is 0 Å². The largest absolute Gasteiger partial charge is 0.416 e. The zero-order chi connectivity index (χ0) is 15.9. The lowest BCUT2D eigenvalue weighted by molar-refractivity contribution is -0.137. The van der Waals surface area contributed by atoms with Crippen LogP contribution in [0.5, 0.6) is 0 Å². The third-order valence-corrected chi connectivity index (χ3v) is 4.64. The highest BCUT2D eigenvalue weighted by Crippen LogP contribution is 2.37. The topological polar surface area (TPSA) is 46.3 Å². The van der Waals surface area contributed by atoms with Gasteiger partial charge in [0.2, 0.25) is 5.91 Å². The number of nitrogens with two attached hydrogens (primary N) is 1. The summed E-state index contributed by atoms with van der Waals surface area (Å²) in [7, 11) is 0. The average molecular weight is 312 g/mol. The number of rotatable bonds is 2. The van der Waals surface area contributed by atoms with Gasteiger partial charge in [0.1, 0.15) is 0 Å². The first-order chi connectivity index (χ1) is 10.4. The van der Waals surface area contributed by atoms with Crippen molar-refractivity contribution in [3.05, 3.63) is 29.3 Å². The van der Waals surface area contributed by atoms with E-state index < -0.39 is 17.8 Å². The zero-order valence-electron chi connectivity index (χ0n) is 12.2. The van der Waals surface area contributed by atoms with E-state index >= 15 is 0 Å². The molecule has 1 atom stereocenters. The number of nitrogens with zero attached hydrogens (tertiary/aromatic N) is 1. The molecule has 0 radical (unpaired) electrons. The minimum absolute atomic E-state index is 0.265. The van der Waals surface area contributed by atoms with Crippen molar-refractivity contribution in [2.24, 2.45) is 11.7 Å². The molecule has 6 heteroatoms. The molecule has 1 aromatic rings. The van der Waals surface area contributed by atoms with E-state index in [2.05, 4.69) is 0 Å². The predicted octanol–water partition coefficient (Wildman–Crippen LogP) is 3.11. The van der Waals surface area contributed by atoms with E-state index in [0.717, 1.165) is 43.4 Å². The van der Waals surface area contributed by atoms with E-state index in [9.17, 15) is 18.0 Å². The van der Waals surface area contributed by atoms with Gasteiger partial charge in [-0.15, -0.1) is 0 Å². The minimum atomic E-state index is -4.41. The second-order valence-corrected chi connectivity index (χ2v) is 6.25. The molecular formula is C16H19F3N2O. The third-order valence-electron chi connectivity index (χ3n) is 4.64. The second kappa shape index (κ2) is 5.57. The van der Waals surface area contributed by atoms with Crippen molar-refractivity contribution in [1.82, 2.24) is 0 Å². The molecule has 3 nitrogen and oxygen atoms in total. The maximum Gasteiger partial charge on any atom is 0.416 e. The Balaban J connectivity index is 1.96. The molecule has 120 valence electrons. The number of carbonyl (C=O) groups is 1. The number of hydrogen-bond acceptors (Lipinski definition) is 2. The van der Waals surface area contributed by atoms with E-state index in [1.165, 1.54) is 11.0 Å². The number of halogens is 3. The molecule has 1 saturated carbocycles. The van der Waals surface area contributed by atoms with Gasteiger partial charge in [-0.3, -0.25) is 4.79 Å². The van der Waals surface area contributed by atoms with E-state index in [-0.39, 0.29) is 5.91 Å². The number of amides is 1. The van der Waals surface area contributed by atoms with Gasteiger partial charge in [0.15, 0.2) is 0 Å².